The third-order valence-corrected chi connectivity index (χ3v) is 6.58. The molecule has 0 saturated carbocycles. The van der Waals surface area contributed by atoms with Gasteiger partial charge in [0.05, 0.1) is 16.6 Å². The van der Waals surface area contributed by atoms with Gasteiger partial charge in [-0.3, -0.25) is 0 Å². The molecule has 0 fully saturated rings. The van der Waals surface area contributed by atoms with Gasteiger partial charge in [-0.15, -0.1) is 0 Å². The minimum atomic E-state index is 1.25. The van der Waals surface area contributed by atoms with Crippen LogP contribution in [0.3, 0.4) is 0 Å². The normalized spacial score (nSPS) is 12.6. The largest absolute Gasteiger partial charge is 0.451 e. The average molecular weight is 356 g/mol. The van der Waals surface area contributed by atoms with Crippen LogP contribution in [0.5, 0.6) is 0 Å². The summed E-state index contributed by atoms with van der Waals surface area (Å²) >= 11 is 2.93. The van der Waals surface area contributed by atoms with Crippen LogP contribution in [0.2, 0.25) is 0 Å². The van der Waals surface area contributed by atoms with E-state index in [9.17, 15) is 0 Å². The zero-order valence-corrected chi connectivity index (χ0v) is 15.6. The Morgan fingerprint density at radius 2 is 1.04 bits per heavy atom. The van der Waals surface area contributed by atoms with Gasteiger partial charge in [0.1, 0.15) is 0 Å². The molecular weight excluding hydrogens is 343 g/mol. The number of nitrogens with zero attached hydrogens (tertiary/aromatic N) is 2. The number of aromatic nitrogens is 2. The molecule has 0 unspecified atom stereocenters. The molecule has 0 aliphatic carbocycles. The summed E-state index contributed by atoms with van der Waals surface area (Å²) in [4.78, 5) is 0. The summed E-state index contributed by atoms with van der Waals surface area (Å²) in [6.07, 6.45) is 0. The van der Waals surface area contributed by atoms with Crippen LogP contribution in [0.1, 0.15) is 0 Å². The molecule has 0 saturated heterocycles. The fourth-order valence-electron chi connectivity index (χ4n) is 4.99. The van der Waals surface area contributed by atoms with Crippen molar-refractivity contribution in [3.8, 4) is 0 Å². The number of para-hydroxylation sites is 3. The molecule has 0 aliphatic rings. The molecular formula is C24H13AlN2. The summed E-state index contributed by atoms with van der Waals surface area (Å²) in [5.74, 6) is 0. The summed E-state index contributed by atoms with van der Waals surface area (Å²) in [6, 6.07) is 28.6. The average Bonchev–Trinajstić information content (AvgIpc) is 3.33. The summed E-state index contributed by atoms with van der Waals surface area (Å²) in [6.45, 7) is 0. The first-order valence-electron chi connectivity index (χ1n) is 9.19. The van der Waals surface area contributed by atoms with Crippen molar-refractivity contribution in [3.05, 3.63) is 78.9 Å². The highest BCUT2D eigenvalue weighted by molar-refractivity contribution is 6.36. The van der Waals surface area contributed by atoms with Gasteiger partial charge in [-0.2, -0.15) is 0 Å². The van der Waals surface area contributed by atoms with E-state index in [0.29, 0.717) is 0 Å². The second kappa shape index (κ2) is 4.64. The van der Waals surface area contributed by atoms with Crippen LogP contribution in [0.4, 0.5) is 0 Å². The van der Waals surface area contributed by atoms with Gasteiger partial charge in [0.15, 0.2) is 0 Å². The molecule has 0 N–H and O–H groups in total. The maximum Gasteiger partial charge on any atom is 0.318 e. The van der Waals surface area contributed by atoms with Crippen molar-refractivity contribution in [2.24, 2.45) is 0 Å². The standard InChI is InChI=1S/C24H13N2.Al/c1-4-10-19-14(7-1)17-13-18-15-8-2-5-11-20(15)26-21-12-6-3-9-16(21)22(24(18)26)23(17)25-19;/h1-13H;/q-1;+1. The van der Waals surface area contributed by atoms with Crippen LogP contribution in [-0.4, -0.2) is 24.5 Å². The molecule has 2 nitrogen and oxygen atoms in total. The van der Waals surface area contributed by atoms with Gasteiger partial charge in [-0.1, -0.05) is 54.6 Å². The van der Waals surface area contributed by atoms with Gasteiger partial charge in [0.2, 0.25) is 0 Å². The van der Waals surface area contributed by atoms with E-state index in [2.05, 4.69) is 103 Å². The van der Waals surface area contributed by atoms with Gasteiger partial charge in [-0.05, 0) is 24.3 Å². The zero-order chi connectivity index (χ0) is 17.7. The Hall–Kier alpha value is -2.99. The van der Waals surface area contributed by atoms with E-state index < -0.39 is 0 Å². The Bertz CT molecular complexity index is 1680. The van der Waals surface area contributed by atoms with E-state index in [-0.39, 0.29) is 0 Å². The van der Waals surface area contributed by atoms with Crippen LogP contribution in [0.15, 0.2) is 78.9 Å². The van der Waals surface area contributed by atoms with E-state index >= 15 is 0 Å². The van der Waals surface area contributed by atoms with Gasteiger partial charge in [0, 0.05) is 43.4 Å². The third-order valence-electron chi connectivity index (χ3n) is 6.04. The molecule has 7 rings (SSSR count). The zero-order valence-electron chi connectivity index (χ0n) is 14.5. The number of hydrogen-bond donors (Lipinski definition) is 0. The smallest absolute Gasteiger partial charge is 0.318 e. The molecule has 0 atom stereocenters. The van der Waals surface area contributed by atoms with E-state index in [1.165, 1.54) is 59.9 Å². The number of benzene rings is 4. The highest BCUT2D eigenvalue weighted by Gasteiger charge is 2.21. The molecule has 0 bridgehead atoms. The van der Waals surface area contributed by atoms with Crippen molar-refractivity contribution in [2.45, 2.75) is 0 Å². The fraction of sp³-hybridized carbons (Fsp3) is 0. The minimum Gasteiger partial charge on any atom is -0.451 e. The SMILES string of the molecule is [Al][n]1c2ccccc2c2cc3c4ccccc4n4c5ccccc5c(c21)c34. The summed E-state index contributed by atoms with van der Waals surface area (Å²) in [7, 11) is 0. The maximum atomic E-state index is 2.93. The first-order chi connectivity index (χ1) is 13.3. The Labute approximate surface area is 163 Å². The second-order valence-corrected chi connectivity index (χ2v) is 7.82. The Balaban J connectivity index is 1.98. The predicted molar refractivity (Wildman–Crippen MR) is 115 cm³/mol. The lowest BCUT2D eigenvalue weighted by molar-refractivity contribution is 1.37. The molecule has 4 aromatic carbocycles. The molecule has 0 amide bonds. The number of fused-ring (bicyclic) bond motifs is 10. The number of hydrogen-bond acceptors (Lipinski definition) is 0. The van der Waals surface area contributed by atoms with E-state index in [0.717, 1.165) is 0 Å². The van der Waals surface area contributed by atoms with Gasteiger partial charge < -0.3 is 7.95 Å². The fourth-order valence-corrected chi connectivity index (χ4v) is 5.48. The van der Waals surface area contributed by atoms with Crippen LogP contribution in [-0.2, 0) is 0 Å². The van der Waals surface area contributed by atoms with Crippen molar-refractivity contribution in [1.29, 1.82) is 0 Å². The topological polar surface area (TPSA) is 9.34 Å². The highest BCUT2D eigenvalue weighted by atomic mass is 27.1. The number of rotatable bonds is 0. The first-order valence-corrected chi connectivity index (χ1v) is 9.70. The third kappa shape index (κ3) is 1.51. The maximum absolute atomic E-state index is 2.93. The summed E-state index contributed by atoms with van der Waals surface area (Å²) in [5.41, 5.74) is 6.44. The quantitative estimate of drug-likeness (QED) is 0.300. The Morgan fingerprint density at radius 1 is 0.519 bits per heavy atom. The van der Waals surface area contributed by atoms with Gasteiger partial charge >= 0.3 is 16.5 Å². The van der Waals surface area contributed by atoms with Crippen molar-refractivity contribution in [1.82, 2.24) is 7.95 Å². The Morgan fingerprint density at radius 3 is 1.78 bits per heavy atom. The van der Waals surface area contributed by atoms with Crippen LogP contribution in [0.25, 0.3) is 59.9 Å². The lowest BCUT2D eigenvalue weighted by Gasteiger charge is -2.03. The van der Waals surface area contributed by atoms with E-state index in [1.807, 2.05) is 0 Å². The monoisotopic (exact) mass is 356 g/mol. The highest BCUT2D eigenvalue weighted by Crippen LogP contribution is 2.44. The van der Waals surface area contributed by atoms with E-state index in [1.54, 1.807) is 0 Å². The lowest BCUT2D eigenvalue weighted by atomic mass is 10.0. The van der Waals surface area contributed by atoms with Crippen molar-refractivity contribution >= 4 is 76.4 Å². The predicted octanol–water partition coefficient (Wildman–Crippen LogP) is 5.88. The van der Waals surface area contributed by atoms with Crippen LogP contribution < -0.4 is 0 Å². The van der Waals surface area contributed by atoms with Gasteiger partial charge in [0.25, 0.3) is 0 Å². The molecule has 0 aliphatic heterocycles. The van der Waals surface area contributed by atoms with Crippen molar-refractivity contribution in [3.63, 3.8) is 0 Å². The van der Waals surface area contributed by atoms with Crippen LogP contribution in [0, 0.1) is 0 Å². The lowest BCUT2D eigenvalue weighted by Crippen LogP contribution is -1.90. The molecule has 3 heteroatoms. The molecule has 0 spiro atoms. The molecule has 27 heavy (non-hydrogen) atoms. The molecule has 7 aromatic rings. The summed E-state index contributed by atoms with van der Waals surface area (Å²) < 4.78 is 4.72. The van der Waals surface area contributed by atoms with E-state index in [4.69, 9.17) is 0 Å². The molecule has 3 aromatic heterocycles. The van der Waals surface area contributed by atoms with Crippen LogP contribution >= 0.6 is 0 Å². The van der Waals surface area contributed by atoms with Crippen molar-refractivity contribution in [2.75, 3.05) is 0 Å². The van der Waals surface area contributed by atoms with Gasteiger partial charge in [-0.25, -0.2) is 0 Å². The van der Waals surface area contributed by atoms with Crippen molar-refractivity contribution < 1.29 is 0 Å². The molecule has 2 radical (unpaired) electrons. The molecule has 3 heterocycles. The Kier molecular flexibility index (Phi) is 2.43. The summed E-state index contributed by atoms with van der Waals surface area (Å²) in [5, 5.41) is 7.96. The first kappa shape index (κ1) is 14.1. The molecule has 122 valence electrons. The second-order valence-electron chi connectivity index (χ2n) is 7.30. The minimum absolute atomic E-state index is 1.25.